The van der Waals surface area contributed by atoms with Crippen molar-refractivity contribution in [3.63, 3.8) is 0 Å². The first-order valence-corrected chi connectivity index (χ1v) is 12.7. The molecule has 8 nitrogen and oxygen atoms in total. The van der Waals surface area contributed by atoms with E-state index >= 15 is 4.39 Å². The summed E-state index contributed by atoms with van der Waals surface area (Å²) in [5.74, 6) is 0.180. The zero-order valence-corrected chi connectivity index (χ0v) is 20.2. The van der Waals surface area contributed by atoms with Crippen LogP contribution in [0.2, 0.25) is 0 Å². The van der Waals surface area contributed by atoms with Crippen LogP contribution in [0.1, 0.15) is 54.1 Å². The number of aromatic nitrogens is 6. The van der Waals surface area contributed by atoms with E-state index in [1.807, 2.05) is 24.4 Å². The zero-order valence-electron chi connectivity index (χ0n) is 20.2. The number of aromatic amines is 2. The molecule has 37 heavy (non-hydrogen) atoms. The normalized spacial score (nSPS) is 17.9. The van der Waals surface area contributed by atoms with Gasteiger partial charge in [-0.1, -0.05) is 12.5 Å². The Labute approximate surface area is 212 Å². The van der Waals surface area contributed by atoms with Crippen LogP contribution in [0, 0.1) is 5.82 Å². The van der Waals surface area contributed by atoms with Crippen LogP contribution < -0.4 is 0 Å². The lowest BCUT2D eigenvalue weighted by Gasteiger charge is -2.26. The maximum atomic E-state index is 16.1. The predicted octanol–water partition coefficient (Wildman–Crippen LogP) is 5.68. The van der Waals surface area contributed by atoms with E-state index in [0.717, 1.165) is 48.6 Å². The van der Waals surface area contributed by atoms with Gasteiger partial charge in [0.2, 0.25) is 0 Å². The van der Waals surface area contributed by atoms with Crippen LogP contribution in [0.4, 0.5) is 4.39 Å². The molecule has 186 valence electrons. The first-order valence-electron chi connectivity index (χ1n) is 12.7. The van der Waals surface area contributed by atoms with Gasteiger partial charge in [-0.05, 0) is 61.7 Å². The fourth-order valence-electron chi connectivity index (χ4n) is 5.54. The van der Waals surface area contributed by atoms with Gasteiger partial charge in [0.25, 0.3) is 0 Å². The van der Waals surface area contributed by atoms with Gasteiger partial charge in [0.15, 0.2) is 11.6 Å². The number of allylic oxidation sites excluding steroid dienone is 1. The van der Waals surface area contributed by atoms with Crippen molar-refractivity contribution in [2.45, 2.75) is 38.1 Å². The van der Waals surface area contributed by atoms with Gasteiger partial charge in [-0.3, -0.25) is 20.0 Å². The number of likely N-dealkylation sites (tertiary alicyclic amines) is 1. The van der Waals surface area contributed by atoms with E-state index in [-0.39, 0.29) is 11.6 Å². The number of piperidine rings is 1. The molecule has 1 fully saturated rings. The highest BCUT2D eigenvalue weighted by molar-refractivity contribution is 5.94. The smallest absolute Gasteiger partial charge is 0.161 e. The van der Waals surface area contributed by atoms with Gasteiger partial charge in [0.05, 0.1) is 41.0 Å². The van der Waals surface area contributed by atoms with Crippen molar-refractivity contribution >= 4 is 17.0 Å². The average Bonchev–Trinajstić information content (AvgIpc) is 3.69. The molecular formula is C28H26FN7O. The highest BCUT2D eigenvalue weighted by Gasteiger charge is 2.26. The van der Waals surface area contributed by atoms with Crippen LogP contribution in [0.15, 0.2) is 53.7 Å². The molecule has 5 aromatic heterocycles. The molecule has 5 aromatic rings. The number of imidazole rings is 1. The van der Waals surface area contributed by atoms with Gasteiger partial charge in [-0.25, -0.2) is 9.37 Å². The van der Waals surface area contributed by atoms with Crippen molar-refractivity contribution in [1.82, 2.24) is 35.0 Å². The van der Waals surface area contributed by atoms with Crippen molar-refractivity contribution < 1.29 is 8.81 Å². The van der Waals surface area contributed by atoms with E-state index in [4.69, 9.17) is 9.40 Å². The number of furan rings is 1. The summed E-state index contributed by atoms with van der Waals surface area (Å²) in [6, 6.07) is 3.95. The van der Waals surface area contributed by atoms with E-state index in [1.54, 1.807) is 24.9 Å². The van der Waals surface area contributed by atoms with E-state index in [2.05, 4.69) is 36.1 Å². The zero-order chi connectivity index (χ0) is 24.8. The molecule has 1 unspecified atom stereocenters. The first kappa shape index (κ1) is 22.1. The number of hydrogen-bond donors (Lipinski definition) is 2. The fourth-order valence-corrected chi connectivity index (χ4v) is 5.54. The van der Waals surface area contributed by atoms with Crippen LogP contribution in [0.25, 0.3) is 39.8 Å². The highest BCUT2D eigenvalue weighted by Crippen LogP contribution is 2.37. The van der Waals surface area contributed by atoms with Gasteiger partial charge in [-0.2, -0.15) is 5.10 Å². The summed E-state index contributed by atoms with van der Waals surface area (Å²) in [6.07, 6.45) is 17.2. The molecular weight excluding hydrogens is 469 g/mol. The largest absolute Gasteiger partial charge is 0.472 e. The molecule has 1 atom stereocenters. The Bertz CT molecular complexity index is 1590. The molecule has 9 heteroatoms. The third-order valence-corrected chi connectivity index (χ3v) is 7.39. The second kappa shape index (κ2) is 9.08. The summed E-state index contributed by atoms with van der Waals surface area (Å²) < 4.78 is 21.4. The minimum absolute atomic E-state index is 0.0981. The number of halogens is 1. The Morgan fingerprint density at radius 2 is 2.03 bits per heavy atom. The van der Waals surface area contributed by atoms with Crippen molar-refractivity contribution in [1.29, 1.82) is 0 Å². The second-order valence-corrected chi connectivity index (χ2v) is 9.83. The Morgan fingerprint density at radius 3 is 2.89 bits per heavy atom. The Morgan fingerprint density at radius 1 is 1.11 bits per heavy atom. The average molecular weight is 496 g/mol. The van der Waals surface area contributed by atoms with Crippen molar-refractivity contribution in [3.05, 3.63) is 77.7 Å². The van der Waals surface area contributed by atoms with Crippen LogP contribution in [-0.4, -0.2) is 48.1 Å². The molecule has 6 heterocycles. The summed E-state index contributed by atoms with van der Waals surface area (Å²) in [6.45, 7) is 2.99. The third-order valence-electron chi connectivity index (χ3n) is 7.39. The fraction of sp³-hybridized carbons (Fsp3) is 0.286. The molecule has 2 aliphatic rings. The number of fused-ring (bicyclic) bond motifs is 2. The van der Waals surface area contributed by atoms with Crippen molar-refractivity contribution in [3.8, 4) is 22.8 Å². The van der Waals surface area contributed by atoms with Gasteiger partial charge in [0.1, 0.15) is 11.4 Å². The standard InChI is InChI=1S/C28H26FN7O/c29-24-23-22(14-31-25(24)19-11-17(12-30-13-19)15-36-8-2-1-3-9-36)34-35-27(23)28-32-21-6-4-5-20(26(21)33-28)18-7-10-37-16-18/h4,6-7,10-14,16,20H,1-3,5,8-9,15H2,(H,32,33)(H,34,35). The van der Waals surface area contributed by atoms with Crippen LogP contribution >= 0.6 is 0 Å². The molecule has 0 saturated carbocycles. The third kappa shape index (κ3) is 3.95. The number of H-pyrrole nitrogens is 2. The Kier molecular flexibility index (Phi) is 5.43. The van der Waals surface area contributed by atoms with Gasteiger partial charge in [-0.15, -0.1) is 0 Å². The molecule has 1 saturated heterocycles. The predicted molar refractivity (Wildman–Crippen MR) is 138 cm³/mol. The number of hydrogen-bond acceptors (Lipinski definition) is 6. The number of pyridine rings is 2. The lowest BCUT2D eigenvalue weighted by Crippen LogP contribution is -2.29. The van der Waals surface area contributed by atoms with E-state index in [9.17, 15) is 0 Å². The van der Waals surface area contributed by atoms with E-state index < -0.39 is 5.82 Å². The summed E-state index contributed by atoms with van der Waals surface area (Å²) in [5, 5.41) is 7.71. The number of nitrogens with zero attached hydrogens (tertiary/aromatic N) is 5. The van der Waals surface area contributed by atoms with Crippen LogP contribution in [0.5, 0.6) is 0 Å². The molecule has 0 bridgehead atoms. The van der Waals surface area contributed by atoms with E-state index in [0.29, 0.717) is 28.0 Å². The highest BCUT2D eigenvalue weighted by atomic mass is 19.1. The second-order valence-electron chi connectivity index (χ2n) is 9.83. The quantitative estimate of drug-likeness (QED) is 0.326. The maximum Gasteiger partial charge on any atom is 0.161 e. The molecule has 1 aliphatic heterocycles. The number of nitrogens with one attached hydrogen (secondary N) is 2. The monoisotopic (exact) mass is 495 g/mol. The lowest BCUT2D eigenvalue weighted by atomic mass is 9.90. The molecule has 7 rings (SSSR count). The summed E-state index contributed by atoms with van der Waals surface area (Å²) >= 11 is 0. The molecule has 1 aliphatic carbocycles. The van der Waals surface area contributed by atoms with Gasteiger partial charge < -0.3 is 9.40 Å². The number of rotatable bonds is 5. The Hall–Kier alpha value is -4.11. The van der Waals surface area contributed by atoms with Crippen LogP contribution in [0.3, 0.4) is 0 Å². The van der Waals surface area contributed by atoms with Crippen molar-refractivity contribution in [2.24, 2.45) is 0 Å². The lowest BCUT2D eigenvalue weighted by molar-refractivity contribution is 0.220. The summed E-state index contributed by atoms with van der Waals surface area (Å²) in [5.41, 5.74) is 5.80. The minimum atomic E-state index is -0.436. The topological polar surface area (TPSA) is 99.5 Å². The SMILES string of the molecule is Fc1c(-c2cncc(CN3CCCCC3)c2)ncc2[nH]nc(-c3nc4c([nH]3)C(c3ccoc3)CC=C4)c12. The maximum absolute atomic E-state index is 16.1. The summed E-state index contributed by atoms with van der Waals surface area (Å²) in [4.78, 5) is 19.4. The molecule has 0 amide bonds. The van der Waals surface area contributed by atoms with Crippen molar-refractivity contribution in [2.75, 3.05) is 13.1 Å². The van der Waals surface area contributed by atoms with Gasteiger partial charge >= 0.3 is 0 Å². The molecule has 0 radical (unpaired) electrons. The molecule has 0 aromatic carbocycles. The molecule has 0 spiro atoms. The minimum Gasteiger partial charge on any atom is -0.472 e. The van der Waals surface area contributed by atoms with Crippen LogP contribution in [-0.2, 0) is 6.54 Å². The summed E-state index contributed by atoms with van der Waals surface area (Å²) in [7, 11) is 0. The first-order chi connectivity index (χ1) is 18.2. The Balaban J connectivity index is 1.26. The van der Waals surface area contributed by atoms with Gasteiger partial charge in [0, 0.05) is 30.4 Å². The molecule has 2 N–H and O–H groups in total. The van der Waals surface area contributed by atoms with E-state index in [1.165, 1.54) is 19.3 Å².